The summed E-state index contributed by atoms with van der Waals surface area (Å²) < 4.78 is 0. The predicted molar refractivity (Wildman–Crippen MR) is 101 cm³/mol. The third-order valence-electron chi connectivity index (χ3n) is 4.93. The molecular formula is C18H28N4S. The summed E-state index contributed by atoms with van der Waals surface area (Å²) in [4.78, 5) is 7.00. The second-order valence-corrected chi connectivity index (χ2v) is 7.44. The van der Waals surface area contributed by atoms with Crippen molar-refractivity contribution in [1.29, 1.82) is 0 Å². The molecular weight excluding hydrogens is 304 g/mol. The summed E-state index contributed by atoms with van der Waals surface area (Å²) in [6.07, 6.45) is 10.9. The first kappa shape index (κ1) is 16.5. The Bertz CT molecular complexity index is 510. The Morgan fingerprint density at radius 1 is 1.17 bits per heavy atom. The van der Waals surface area contributed by atoms with Gasteiger partial charge in [-0.3, -0.25) is 0 Å². The molecule has 0 amide bonds. The Labute approximate surface area is 145 Å². The lowest BCUT2D eigenvalue weighted by Gasteiger charge is -2.31. The van der Waals surface area contributed by atoms with Crippen molar-refractivity contribution in [1.82, 2.24) is 10.3 Å². The van der Waals surface area contributed by atoms with Gasteiger partial charge in [0, 0.05) is 19.1 Å². The summed E-state index contributed by atoms with van der Waals surface area (Å²) in [5, 5.41) is 7.42. The van der Waals surface area contributed by atoms with Crippen LogP contribution < -0.4 is 15.5 Å². The Balaban J connectivity index is 1.51. The molecule has 2 fully saturated rings. The molecule has 1 aliphatic heterocycles. The number of hydrogen-bond acceptors (Lipinski definition) is 3. The quantitative estimate of drug-likeness (QED) is 0.821. The molecule has 0 spiro atoms. The summed E-state index contributed by atoms with van der Waals surface area (Å²) in [7, 11) is 0. The maximum absolute atomic E-state index is 5.43. The predicted octanol–water partition coefficient (Wildman–Crippen LogP) is 3.94. The number of piperidine rings is 1. The molecule has 1 aliphatic carbocycles. The van der Waals surface area contributed by atoms with Crippen LogP contribution in [0.1, 0.15) is 51.9 Å². The number of thiocarbonyl (C=S) groups is 1. The van der Waals surface area contributed by atoms with Crippen molar-refractivity contribution in [3.8, 4) is 0 Å². The van der Waals surface area contributed by atoms with Crippen LogP contribution in [0.5, 0.6) is 0 Å². The van der Waals surface area contributed by atoms with Crippen molar-refractivity contribution < 1.29 is 0 Å². The van der Waals surface area contributed by atoms with Gasteiger partial charge in [0.1, 0.15) is 5.82 Å². The summed E-state index contributed by atoms with van der Waals surface area (Å²) in [5.74, 6) is 1.84. The van der Waals surface area contributed by atoms with E-state index >= 15 is 0 Å². The molecule has 2 N–H and O–H groups in total. The zero-order valence-corrected chi connectivity index (χ0v) is 14.9. The van der Waals surface area contributed by atoms with Crippen LogP contribution in [0.15, 0.2) is 18.3 Å². The normalized spacial score (nSPS) is 22.7. The molecule has 2 heterocycles. The van der Waals surface area contributed by atoms with Gasteiger partial charge in [-0.25, -0.2) is 4.98 Å². The number of aromatic nitrogens is 1. The fourth-order valence-electron chi connectivity index (χ4n) is 3.64. The molecule has 1 atom stereocenters. The van der Waals surface area contributed by atoms with Crippen LogP contribution >= 0.6 is 12.2 Å². The number of hydrogen-bond donors (Lipinski definition) is 2. The molecule has 1 aromatic rings. The van der Waals surface area contributed by atoms with E-state index in [9.17, 15) is 0 Å². The largest absolute Gasteiger partial charge is 0.360 e. The fourth-order valence-corrected chi connectivity index (χ4v) is 3.93. The first-order valence-electron chi connectivity index (χ1n) is 8.99. The molecule has 1 saturated carbocycles. The molecule has 2 aliphatic rings. The zero-order valence-electron chi connectivity index (χ0n) is 14.1. The molecule has 1 aromatic heterocycles. The minimum Gasteiger partial charge on any atom is -0.360 e. The van der Waals surface area contributed by atoms with Gasteiger partial charge in [-0.15, -0.1) is 0 Å². The highest BCUT2D eigenvalue weighted by Crippen LogP contribution is 2.22. The maximum atomic E-state index is 5.43. The maximum Gasteiger partial charge on any atom is 0.171 e. The van der Waals surface area contributed by atoms with Crippen LogP contribution in [0, 0.1) is 5.92 Å². The van der Waals surface area contributed by atoms with Gasteiger partial charge in [0.05, 0.1) is 11.9 Å². The first-order chi connectivity index (χ1) is 11.2. The Morgan fingerprint density at radius 3 is 2.70 bits per heavy atom. The van der Waals surface area contributed by atoms with Crippen molar-refractivity contribution in [3.05, 3.63) is 18.3 Å². The van der Waals surface area contributed by atoms with Crippen LogP contribution in [-0.2, 0) is 0 Å². The van der Waals surface area contributed by atoms with Crippen LogP contribution in [0.2, 0.25) is 0 Å². The first-order valence-corrected chi connectivity index (χ1v) is 9.40. The standard InChI is InChI=1S/C18H28N4S/c1-14-6-5-11-22(13-14)17-10-9-16(12-19-17)21-18(23)20-15-7-3-2-4-8-15/h9-10,12,14-15H,2-8,11,13H2,1H3,(H2,20,21,23)/t14-/m0/s1. The SMILES string of the molecule is C[C@H]1CCCN(c2ccc(NC(=S)NC3CCCCC3)cn2)C1. The minimum atomic E-state index is 0.533. The van der Waals surface area contributed by atoms with Crippen LogP contribution in [0.3, 0.4) is 0 Å². The van der Waals surface area contributed by atoms with Gasteiger partial charge in [0.25, 0.3) is 0 Å². The van der Waals surface area contributed by atoms with Crippen molar-refractivity contribution in [3.63, 3.8) is 0 Å². The Hall–Kier alpha value is -1.36. The molecule has 1 saturated heterocycles. The lowest BCUT2D eigenvalue weighted by Crippen LogP contribution is -2.38. The highest BCUT2D eigenvalue weighted by Gasteiger charge is 2.17. The molecule has 5 heteroatoms. The van der Waals surface area contributed by atoms with Gasteiger partial charge in [-0.05, 0) is 56.0 Å². The third-order valence-corrected chi connectivity index (χ3v) is 5.15. The monoisotopic (exact) mass is 332 g/mol. The van der Waals surface area contributed by atoms with E-state index in [1.165, 1.54) is 44.9 Å². The topological polar surface area (TPSA) is 40.2 Å². The summed E-state index contributed by atoms with van der Waals surface area (Å²) in [6, 6.07) is 4.71. The average molecular weight is 333 g/mol. The molecule has 0 radical (unpaired) electrons. The molecule has 4 nitrogen and oxygen atoms in total. The molecule has 0 bridgehead atoms. The second kappa shape index (κ2) is 7.95. The lowest BCUT2D eigenvalue weighted by molar-refractivity contribution is 0.415. The second-order valence-electron chi connectivity index (χ2n) is 7.03. The van der Waals surface area contributed by atoms with Gasteiger partial charge in [0.15, 0.2) is 5.11 Å². The van der Waals surface area contributed by atoms with Crippen LogP contribution in [0.4, 0.5) is 11.5 Å². The fraction of sp³-hybridized carbons (Fsp3) is 0.667. The highest BCUT2D eigenvalue weighted by atomic mass is 32.1. The van der Waals surface area contributed by atoms with Gasteiger partial charge >= 0.3 is 0 Å². The van der Waals surface area contributed by atoms with E-state index in [1.807, 2.05) is 6.20 Å². The number of anilines is 2. The van der Waals surface area contributed by atoms with E-state index in [1.54, 1.807) is 0 Å². The molecule has 0 aromatic carbocycles. The van der Waals surface area contributed by atoms with Crippen LogP contribution in [-0.4, -0.2) is 29.2 Å². The number of nitrogens with one attached hydrogen (secondary N) is 2. The van der Waals surface area contributed by atoms with E-state index in [0.717, 1.165) is 35.6 Å². The molecule has 126 valence electrons. The van der Waals surface area contributed by atoms with E-state index in [-0.39, 0.29) is 0 Å². The molecule has 3 rings (SSSR count). The average Bonchev–Trinajstić information content (AvgIpc) is 2.56. The minimum absolute atomic E-state index is 0.533. The Morgan fingerprint density at radius 2 is 2.00 bits per heavy atom. The van der Waals surface area contributed by atoms with Crippen molar-refractivity contribution in [2.75, 3.05) is 23.3 Å². The van der Waals surface area contributed by atoms with E-state index in [2.05, 4.69) is 39.6 Å². The number of rotatable bonds is 3. The summed E-state index contributed by atoms with van der Waals surface area (Å²) in [6.45, 7) is 4.55. The van der Waals surface area contributed by atoms with Gasteiger partial charge in [0.2, 0.25) is 0 Å². The zero-order chi connectivity index (χ0) is 16.1. The number of pyridine rings is 1. The highest BCUT2D eigenvalue weighted by molar-refractivity contribution is 7.80. The third kappa shape index (κ3) is 4.80. The Kier molecular flexibility index (Phi) is 5.70. The van der Waals surface area contributed by atoms with Gasteiger partial charge in [-0.2, -0.15) is 0 Å². The van der Waals surface area contributed by atoms with Crippen molar-refractivity contribution in [2.24, 2.45) is 5.92 Å². The molecule has 0 unspecified atom stereocenters. The lowest BCUT2D eigenvalue weighted by atomic mass is 9.96. The van der Waals surface area contributed by atoms with Gasteiger partial charge < -0.3 is 15.5 Å². The van der Waals surface area contributed by atoms with Gasteiger partial charge in [-0.1, -0.05) is 26.2 Å². The van der Waals surface area contributed by atoms with Crippen LogP contribution in [0.25, 0.3) is 0 Å². The molecule has 23 heavy (non-hydrogen) atoms. The van der Waals surface area contributed by atoms with E-state index in [0.29, 0.717) is 6.04 Å². The number of nitrogens with zero attached hydrogens (tertiary/aromatic N) is 2. The van der Waals surface area contributed by atoms with Crippen molar-refractivity contribution >= 4 is 28.8 Å². The van der Waals surface area contributed by atoms with Crippen molar-refractivity contribution in [2.45, 2.75) is 57.9 Å². The van der Waals surface area contributed by atoms with E-state index < -0.39 is 0 Å². The summed E-state index contributed by atoms with van der Waals surface area (Å²) in [5.41, 5.74) is 0.965. The van der Waals surface area contributed by atoms with E-state index in [4.69, 9.17) is 12.2 Å². The smallest absolute Gasteiger partial charge is 0.171 e. The summed E-state index contributed by atoms with van der Waals surface area (Å²) >= 11 is 5.43.